The van der Waals surface area contributed by atoms with Crippen molar-refractivity contribution in [2.24, 2.45) is 5.92 Å². The van der Waals surface area contributed by atoms with Gasteiger partial charge in [-0.3, -0.25) is 37.3 Å². The normalized spacial score (nSPS) is 14.1. The van der Waals surface area contributed by atoms with Crippen molar-refractivity contribution in [3.05, 3.63) is 0 Å². The molecule has 0 bridgehead atoms. The molecule has 0 aromatic carbocycles. The first-order valence-corrected chi connectivity index (χ1v) is 46.7. The van der Waals surface area contributed by atoms with Gasteiger partial charge in [0.1, 0.15) is 19.3 Å². The summed E-state index contributed by atoms with van der Waals surface area (Å²) in [6.07, 6.45) is 69.3. The molecule has 6 atom stereocenters. The van der Waals surface area contributed by atoms with Gasteiger partial charge in [0.05, 0.1) is 26.4 Å². The van der Waals surface area contributed by atoms with Crippen molar-refractivity contribution >= 4 is 39.5 Å². The minimum Gasteiger partial charge on any atom is -0.462 e. The van der Waals surface area contributed by atoms with E-state index in [-0.39, 0.29) is 25.7 Å². The van der Waals surface area contributed by atoms with Crippen LogP contribution in [0.25, 0.3) is 0 Å². The summed E-state index contributed by atoms with van der Waals surface area (Å²) in [5.41, 5.74) is 0. The molecule has 3 N–H and O–H groups in total. The Kier molecular flexibility index (Phi) is 75.4. The summed E-state index contributed by atoms with van der Waals surface area (Å²) in [5.74, 6) is -1.32. The van der Waals surface area contributed by atoms with Gasteiger partial charge in [-0.1, -0.05) is 401 Å². The summed E-state index contributed by atoms with van der Waals surface area (Å²) in [6.45, 7) is 7.36. The van der Waals surface area contributed by atoms with Crippen LogP contribution in [0.2, 0.25) is 0 Å². The highest BCUT2D eigenvalue weighted by Gasteiger charge is 2.30. The summed E-state index contributed by atoms with van der Waals surface area (Å²) >= 11 is 0. The summed E-state index contributed by atoms with van der Waals surface area (Å²) in [6, 6.07) is 0. The molecule has 0 saturated heterocycles. The van der Waals surface area contributed by atoms with Crippen molar-refractivity contribution in [2.75, 3.05) is 39.6 Å². The number of unbranched alkanes of at least 4 members (excludes halogenated alkanes) is 55. The zero-order valence-corrected chi connectivity index (χ0v) is 69.3. The lowest BCUT2D eigenvalue weighted by molar-refractivity contribution is -0.161. The Morgan fingerprint density at radius 2 is 0.466 bits per heavy atom. The van der Waals surface area contributed by atoms with Gasteiger partial charge in [-0.2, -0.15) is 0 Å². The van der Waals surface area contributed by atoms with Gasteiger partial charge in [0.15, 0.2) is 12.2 Å². The van der Waals surface area contributed by atoms with Crippen molar-refractivity contribution in [2.45, 2.75) is 470 Å². The highest BCUT2D eigenvalue weighted by Crippen LogP contribution is 2.45. The second-order valence-electron chi connectivity index (χ2n) is 30.5. The maximum atomic E-state index is 13.1. The lowest BCUT2D eigenvalue weighted by Gasteiger charge is -2.21. The molecule has 0 rings (SSSR count). The van der Waals surface area contributed by atoms with Crippen molar-refractivity contribution in [1.82, 2.24) is 0 Å². The topological polar surface area (TPSA) is 237 Å². The van der Waals surface area contributed by atoms with Crippen LogP contribution in [0.4, 0.5) is 0 Å². The van der Waals surface area contributed by atoms with E-state index < -0.39 is 97.5 Å². The Labute approximate surface area is 632 Å². The molecule has 19 heteroatoms. The Morgan fingerprint density at radius 1 is 0.272 bits per heavy atom. The second-order valence-corrected chi connectivity index (χ2v) is 33.4. The Morgan fingerprint density at radius 3 is 0.689 bits per heavy atom. The Balaban J connectivity index is 5.25. The monoisotopic (exact) mass is 1510 g/mol. The average molecular weight is 1510 g/mol. The largest absolute Gasteiger partial charge is 0.472 e. The summed E-state index contributed by atoms with van der Waals surface area (Å²) in [5, 5.41) is 10.7. The van der Waals surface area contributed by atoms with Gasteiger partial charge in [-0.05, 0) is 31.6 Å². The molecule has 0 aromatic rings. The van der Waals surface area contributed by atoms with Crippen LogP contribution in [0.1, 0.15) is 452 Å². The van der Waals surface area contributed by atoms with E-state index in [1.165, 1.54) is 276 Å². The van der Waals surface area contributed by atoms with E-state index in [9.17, 15) is 43.2 Å². The molecular weight excluding hydrogens is 1340 g/mol. The quantitative estimate of drug-likeness (QED) is 0.0222. The predicted molar refractivity (Wildman–Crippen MR) is 423 cm³/mol. The first kappa shape index (κ1) is 101. The van der Waals surface area contributed by atoms with Gasteiger partial charge in [-0.25, -0.2) is 9.13 Å². The zero-order chi connectivity index (χ0) is 75.5. The first-order chi connectivity index (χ1) is 50.1. The van der Waals surface area contributed by atoms with Crippen LogP contribution in [0, 0.1) is 5.92 Å². The fraction of sp³-hybridized carbons (Fsp3) is 0.952. The molecule has 0 aliphatic rings. The van der Waals surface area contributed by atoms with Gasteiger partial charge < -0.3 is 33.8 Å². The summed E-state index contributed by atoms with van der Waals surface area (Å²) in [4.78, 5) is 73.2. The lowest BCUT2D eigenvalue weighted by atomic mass is 9.99. The molecule has 612 valence electrons. The molecule has 3 unspecified atom stereocenters. The number of rotatable bonds is 84. The Hall–Kier alpha value is -1.94. The smallest absolute Gasteiger partial charge is 0.462 e. The minimum atomic E-state index is -4.96. The molecule has 0 aromatic heterocycles. The number of hydrogen-bond acceptors (Lipinski definition) is 15. The van der Waals surface area contributed by atoms with Crippen LogP contribution in [-0.2, 0) is 65.4 Å². The average Bonchev–Trinajstić information content (AvgIpc) is 0.917. The molecule has 0 aliphatic carbocycles. The summed E-state index contributed by atoms with van der Waals surface area (Å²) in [7, 11) is -9.92. The third kappa shape index (κ3) is 76.6. The van der Waals surface area contributed by atoms with Crippen LogP contribution >= 0.6 is 15.6 Å². The molecule has 0 saturated carbocycles. The van der Waals surface area contributed by atoms with Gasteiger partial charge >= 0.3 is 39.5 Å². The van der Waals surface area contributed by atoms with E-state index >= 15 is 0 Å². The van der Waals surface area contributed by atoms with E-state index in [1.54, 1.807) is 0 Å². The van der Waals surface area contributed by atoms with Gasteiger partial charge in [0.25, 0.3) is 0 Å². The van der Waals surface area contributed by atoms with Crippen LogP contribution < -0.4 is 0 Å². The second kappa shape index (κ2) is 76.8. The number of esters is 4. The summed E-state index contributed by atoms with van der Waals surface area (Å²) < 4.78 is 68.9. The van der Waals surface area contributed by atoms with Crippen LogP contribution in [-0.4, -0.2) is 96.7 Å². The first-order valence-electron chi connectivity index (χ1n) is 43.7. The van der Waals surface area contributed by atoms with Crippen LogP contribution in [0.3, 0.4) is 0 Å². The highest BCUT2D eigenvalue weighted by atomic mass is 31.2. The molecule has 0 spiro atoms. The molecule has 0 radical (unpaired) electrons. The SMILES string of the molecule is CCCCCCCCCCCCCCCCCCCCCCC(=O)O[C@H](COC(=O)CCCCCCCCCCCCCCCCCCC)COP(=O)(O)OC[C@@H](O)COP(=O)(O)OC[C@@H](COC(=O)CCCCCCCCCCC(C)CC)OC(=O)CCCCCCCCCCCCCCCC. The zero-order valence-electron chi connectivity index (χ0n) is 67.5. The van der Waals surface area contributed by atoms with E-state index in [0.29, 0.717) is 25.7 Å². The standard InChI is InChI=1S/C84H164O17P2/c1-6-10-13-16-19-22-25-28-31-33-34-35-37-39-42-45-48-55-60-65-70-84(89)100-79(73-94-81(86)67-62-57-52-46-43-41-38-36-32-29-26-23-20-17-14-11-7-2)75-98-102(90,91)96-71-78(85)72-97-103(92,93)99-76-80(74-95-82(87)68-63-58-53-50-49-51-56-61-66-77(5)9-4)101-83(88)69-64-59-54-47-44-40-30-27-24-21-18-15-12-8-3/h77-80,85H,6-76H2,1-5H3,(H,90,91)(H,92,93)/t77?,78-,79-,80-/m1/s1. The molecule has 103 heavy (non-hydrogen) atoms. The molecule has 0 fully saturated rings. The number of carbonyl (C=O) groups excluding carboxylic acids is 4. The van der Waals surface area contributed by atoms with Crippen molar-refractivity contribution in [3.8, 4) is 0 Å². The number of aliphatic hydroxyl groups excluding tert-OH is 1. The maximum Gasteiger partial charge on any atom is 0.472 e. The number of hydrogen-bond donors (Lipinski definition) is 3. The van der Waals surface area contributed by atoms with Crippen molar-refractivity contribution < 1.29 is 80.2 Å². The molecule has 0 amide bonds. The highest BCUT2D eigenvalue weighted by molar-refractivity contribution is 7.47. The van der Waals surface area contributed by atoms with Gasteiger partial charge in [-0.15, -0.1) is 0 Å². The fourth-order valence-electron chi connectivity index (χ4n) is 13.1. The fourth-order valence-corrected chi connectivity index (χ4v) is 14.7. The van der Waals surface area contributed by atoms with Gasteiger partial charge in [0, 0.05) is 25.7 Å². The number of aliphatic hydroxyl groups is 1. The lowest BCUT2D eigenvalue weighted by Crippen LogP contribution is -2.30. The number of ether oxygens (including phenoxy) is 4. The predicted octanol–water partition coefficient (Wildman–Crippen LogP) is 25.6. The van der Waals surface area contributed by atoms with E-state index in [4.69, 9.17) is 37.0 Å². The van der Waals surface area contributed by atoms with Crippen LogP contribution in [0.5, 0.6) is 0 Å². The number of phosphoric acid groups is 2. The van der Waals surface area contributed by atoms with Crippen LogP contribution in [0.15, 0.2) is 0 Å². The molecule has 0 heterocycles. The third-order valence-corrected chi connectivity index (χ3v) is 22.0. The molecule has 0 aliphatic heterocycles. The van der Waals surface area contributed by atoms with Crippen molar-refractivity contribution in [1.29, 1.82) is 0 Å². The Bertz CT molecular complexity index is 1960. The number of phosphoric ester groups is 2. The van der Waals surface area contributed by atoms with Crippen molar-refractivity contribution in [3.63, 3.8) is 0 Å². The minimum absolute atomic E-state index is 0.108. The molecule has 17 nitrogen and oxygen atoms in total. The van der Waals surface area contributed by atoms with E-state index in [1.807, 2.05) is 0 Å². The molecular formula is C84H164O17P2. The third-order valence-electron chi connectivity index (χ3n) is 20.1. The van der Waals surface area contributed by atoms with E-state index in [2.05, 4.69) is 34.6 Å². The van der Waals surface area contributed by atoms with E-state index in [0.717, 1.165) is 95.8 Å². The maximum absolute atomic E-state index is 13.1. The number of carbonyl (C=O) groups is 4. The van der Waals surface area contributed by atoms with Gasteiger partial charge in [0.2, 0.25) is 0 Å².